The van der Waals surface area contributed by atoms with Gasteiger partial charge in [-0.2, -0.15) is 0 Å². The zero-order valence-electron chi connectivity index (χ0n) is 21.3. The number of hydrogen-bond acceptors (Lipinski definition) is 1. The summed E-state index contributed by atoms with van der Waals surface area (Å²) in [7, 11) is 0. The summed E-state index contributed by atoms with van der Waals surface area (Å²) < 4.78 is 2.32. The molecule has 0 N–H and O–H groups in total. The number of fused-ring (bicyclic) bond motifs is 3. The minimum Gasteiger partial charge on any atom is -0.292 e. The zero-order chi connectivity index (χ0) is 26.2. The SMILES string of the molecule is Clc1ccccc1Cc1ccc2c(c1)nc1c(-c3ccccc3)c(-c3ccccc3)cc(-c3ccccc3)n12. The van der Waals surface area contributed by atoms with Gasteiger partial charge in [0.2, 0.25) is 0 Å². The third kappa shape index (κ3) is 4.29. The number of aromatic nitrogens is 2. The molecule has 39 heavy (non-hydrogen) atoms. The summed E-state index contributed by atoms with van der Waals surface area (Å²) in [6, 6.07) is 48.7. The van der Waals surface area contributed by atoms with E-state index in [0.29, 0.717) is 0 Å². The van der Waals surface area contributed by atoms with E-state index < -0.39 is 0 Å². The number of hydrogen-bond donors (Lipinski definition) is 0. The average molecular weight is 521 g/mol. The molecule has 3 heteroatoms. The van der Waals surface area contributed by atoms with Crippen LogP contribution < -0.4 is 0 Å². The van der Waals surface area contributed by atoms with Gasteiger partial charge in [0.05, 0.1) is 16.7 Å². The fourth-order valence-corrected chi connectivity index (χ4v) is 5.66. The van der Waals surface area contributed by atoms with Crippen molar-refractivity contribution in [3.63, 3.8) is 0 Å². The lowest BCUT2D eigenvalue weighted by Crippen LogP contribution is -1.98. The lowest BCUT2D eigenvalue weighted by atomic mass is 9.93. The maximum Gasteiger partial charge on any atom is 0.146 e. The second kappa shape index (κ2) is 9.90. The molecule has 5 aromatic carbocycles. The Labute approximate surface area is 232 Å². The molecular formula is C36H25ClN2. The van der Waals surface area contributed by atoms with E-state index in [4.69, 9.17) is 16.6 Å². The molecule has 0 saturated heterocycles. The zero-order valence-corrected chi connectivity index (χ0v) is 22.0. The van der Waals surface area contributed by atoms with Crippen LogP contribution in [0, 0.1) is 0 Å². The van der Waals surface area contributed by atoms with Crippen molar-refractivity contribution in [1.82, 2.24) is 9.38 Å². The van der Waals surface area contributed by atoms with Gasteiger partial charge in [-0.1, -0.05) is 127 Å². The van der Waals surface area contributed by atoms with E-state index in [-0.39, 0.29) is 0 Å². The predicted octanol–water partition coefficient (Wildman–Crippen LogP) is 9.73. The van der Waals surface area contributed by atoms with Crippen LogP contribution in [0.25, 0.3) is 50.2 Å². The minimum absolute atomic E-state index is 0.760. The maximum atomic E-state index is 6.49. The van der Waals surface area contributed by atoms with Gasteiger partial charge in [0.25, 0.3) is 0 Å². The number of halogens is 1. The predicted molar refractivity (Wildman–Crippen MR) is 163 cm³/mol. The van der Waals surface area contributed by atoms with Crippen LogP contribution in [-0.4, -0.2) is 9.38 Å². The van der Waals surface area contributed by atoms with Gasteiger partial charge in [-0.25, -0.2) is 4.98 Å². The minimum atomic E-state index is 0.760. The Morgan fingerprint density at radius 3 is 1.90 bits per heavy atom. The second-order valence-corrected chi connectivity index (χ2v) is 10.2. The lowest BCUT2D eigenvalue weighted by Gasteiger charge is -2.17. The summed E-state index contributed by atoms with van der Waals surface area (Å²) in [6.07, 6.45) is 0.760. The molecule has 7 rings (SSSR count). The highest BCUT2D eigenvalue weighted by Gasteiger charge is 2.20. The van der Waals surface area contributed by atoms with Gasteiger partial charge in [-0.3, -0.25) is 4.40 Å². The average Bonchev–Trinajstić information content (AvgIpc) is 3.37. The molecule has 2 nitrogen and oxygen atoms in total. The smallest absolute Gasteiger partial charge is 0.146 e. The van der Waals surface area contributed by atoms with Crippen molar-refractivity contribution in [2.24, 2.45) is 0 Å². The summed E-state index contributed by atoms with van der Waals surface area (Å²) >= 11 is 6.49. The van der Waals surface area contributed by atoms with Crippen LogP contribution in [0.5, 0.6) is 0 Å². The van der Waals surface area contributed by atoms with Gasteiger partial charge in [-0.15, -0.1) is 0 Å². The first-order valence-corrected chi connectivity index (χ1v) is 13.5. The highest BCUT2D eigenvalue weighted by atomic mass is 35.5. The molecule has 0 atom stereocenters. The molecule has 0 aliphatic carbocycles. The van der Waals surface area contributed by atoms with Gasteiger partial charge in [0.15, 0.2) is 0 Å². The molecular weight excluding hydrogens is 496 g/mol. The Balaban J connectivity index is 1.55. The second-order valence-electron chi connectivity index (χ2n) is 9.78. The summed E-state index contributed by atoms with van der Waals surface area (Å²) in [5.74, 6) is 0. The first-order valence-electron chi connectivity index (χ1n) is 13.1. The maximum absolute atomic E-state index is 6.49. The van der Waals surface area contributed by atoms with Crippen LogP contribution in [0.3, 0.4) is 0 Å². The van der Waals surface area contributed by atoms with Crippen LogP contribution in [-0.2, 0) is 6.42 Å². The molecule has 2 heterocycles. The van der Waals surface area contributed by atoms with E-state index in [0.717, 1.165) is 56.1 Å². The molecule has 0 unspecified atom stereocenters. The number of imidazole rings is 1. The quantitative estimate of drug-likeness (QED) is 0.221. The Hall–Kier alpha value is -4.66. The first kappa shape index (κ1) is 23.5. The van der Waals surface area contributed by atoms with Crippen molar-refractivity contribution in [2.45, 2.75) is 6.42 Å². The van der Waals surface area contributed by atoms with E-state index in [2.05, 4.69) is 126 Å². The van der Waals surface area contributed by atoms with Crippen molar-refractivity contribution in [3.8, 4) is 33.5 Å². The van der Waals surface area contributed by atoms with E-state index >= 15 is 0 Å². The number of pyridine rings is 1. The number of benzene rings is 5. The summed E-state index contributed by atoms with van der Waals surface area (Å²) in [6.45, 7) is 0. The molecule has 7 aromatic rings. The van der Waals surface area contributed by atoms with E-state index in [1.165, 1.54) is 16.7 Å². The van der Waals surface area contributed by atoms with Gasteiger partial charge < -0.3 is 0 Å². The summed E-state index contributed by atoms with van der Waals surface area (Å²) in [4.78, 5) is 5.32. The topological polar surface area (TPSA) is 17.3 Å². The van der Waals surface area contributed by atoms with Gasteiger partial charge in [0.1, 0.15) is 5.65 Å². The molecule has 2 aromatic heterocycles. The normalized spacial score (nSPS) is 11.3. The molecule has 0 radical (unpaired) electrons. The van der Waals surface area contributed by atoms with Crippen LogP contribution in [0.4, 0.5) is 0 Å². The third-order valence-electron chi connectivity index (χ3n) is 7.30. The molecule has 0 spiro atoms. The molecule has 0 bridgehead atoms. The monoisotopic (exact) mass is 520 g/mol. The largest absolute Gasteiger partial charge is 0.292 e. The number of nitrogens with zero attached hydrogens (tertiary/aromatic N) is 2. The molecule has 0 amide bonds. The van der Waals surface area contributed by atoms with E-state index in [1.807, 2.05) is 18.2 Å². The molecule has 0 saturated carbocycles. The van der Waals surface area contributed by atoms with Crippen molar-refractivity contribution >= 4 is 28.3 Å². The van der Waals surface area contributed by atoms with E-state index in [9.17, 15) is 0 Å². The van der Waals surface area contributed by atoms with Gasteiger partial charge >= 0.3 is 0 Å². The Morgan fingerprint density at radius 1 is 0.590 bits per heavy atom. The number of rotatable bonds is 5. The Kier molecular flexibility index (Phi) is 5.96. The Bertz CT molecular complexity index is 1920. The van der Waals surface area contributed by atoms with Crippen molar-refractivity contribution < 1.29 is 0 Å². The van der Waals surface area contributed by atoms with Crippen LogP contribution in [0.2, 0.25) is 5.02 Å². The van der Waals surface area contributed by atoms with Crippen molar-refractivity contribution in [3.05, 3.63) is 156 Å². The van der Waals surface area contributed by atoms with Crippen molar-refractivity contribution in [2.75, 3.05) is 0 Å². The summed E-state index contributed by atoms with van der Waals surface area (Å²) in [5.41, 5.74) is 12.2. The summed E-state index contributed by atoms with van der Waals surface area (Å²) in [5, 5.41) is 0.790. The van der Waals surface area contributed by atoms with Crippen molar-refractivity contribution in [1.29, 1.82) is 0 Å². The lowest BCUT2D eigenvalue weighted by molar-refractivity contribution is 1.19. The standard InChI is InChI=1S/C36H25ClN2/c37-31-19-11-10-18-29(31)22-25-20-21-33-32(23-25)38-36-35(28-16-8-3-9-17-28)30(26-12-4-1-5-13-26)24-34(39(33)36)27-14-6-2-7-15-27/h1-21,23-24H,22H2. The molecule has 0 aliphatic rings. The third-order valence-corrected chi connectivity index (χ3v) is 7.67. The van der Waals surface area contributed by atoms with Gasteiger partial charge in [0, 0.05) is 10.6 Å². The molecule has 0 aliphatic heterocycles. The molecule has 186 valence electrons. The fraction of sp³-hybridized carbons (Fsp3) is 0.0278. The Morgan fingerprint density at radius 2 is 1.21 bits per heavy atom. The van der Waals surface area contributed by atoms with E-state index in [1.54, 1.807) is 0 Å². The van der Waals surface area contributed by atoms with Gasteiger partial charge in [-0.05, 0) is 64.1 Å². The first-order chi connectivity index (χ1) is 19.3. The highest BCUT2D eigenvalue weighted by Crippen LogP contribution is 2.40. The highest BCUT2D eigenvalue weighted by molar-refractivity contribution is 6.31. The van der Waals surface area contributed by atoms with Crippen LogP contribution in [0.1, 0.15) is 11.1 Å². The molecule has 0 fully saturated rings. The van der Waals surface area contributed by atoms with Crippen LogP contribution >= 0.6 is 11.6 Å². The fourth-order valence-electron chi connectivity index (χ4n) is 5.46. The van der Waals surface area contributed by atoms with Crippen LogP contribution in [0.15, 0.2) is 140 Å².